The van der Waals surface area contributed by atoms with Gasteiger partial charge in [0.2, 0.25) is 0 Å². The zero-order valence-electron chi connectivity index (χ0n) is 21.5. The van der Waals surface area contributed by atoms with Gasteiger partial charge in [-0.25, -0.2) is 9.97 Å². The number of hydrogen-bond acceptors (Lipinski definition) is 8. The zero-order chi connectivity index (χ0) is 26.7. The van der Waals surface area contributed by atoms with E-state index in [2.05, 4.69) is 56.4 Å². The van der Waals surface area contributed by atoms with E-state index < -0.39 is 0 Å². The quantitative estimate of drug-likeness (QED) is 0.162. The minimum Gasteiger partial charge on any atom is -0.357 e. The molecule has 0 amide bonds. The number of fused-ring (bicyclic) bond motifs is 2. The maximum absolute atomic E-state index is 11.8. The Morgan fingerprint density at radius 2 is 1.97 bits per heavy atom. The van der Waals surface area contributed by atoms with E-state index in [-0.39, 0.29) is 18.1 Å². The van der Waals surface area contributed by atoms with E-state index in [1.165, 1.54) is 11.3 Å². The summed E-state index contributed by atoms with van der Waals surface area (Å²) < 4.78 is 5.72. The average molecular weight is 536 g/mol. The van der Waals surface area contributed by atoms with E-state index in [9.17, 15) is 4.79 Å². The van der Waals surface area contributed by atoms with Crippen molar-refractivity contribution in [3.63, 3.8) is 0 Å². The van der Waals surface area contributed by atoms with Gasteiger partial charge in [0.25, 0.3) is 0 Å². The molecule has 2 atom stereocenters. The Balaban J connectivity index is 1.24. The largest absolute Gasteiger partial charge is 0.357 e. The smallest absolute Gasteiger partial charge is 0.169 e. The van der Waals surface area contributed by atoms with Gasteiger partial charge in [-0.1, -0.05) is 26.0 Å². The van der Waals surface area contributed by atoms with E-state index in [0.29, 0.717) is 23.1 Å². The first-order valence-electron chi connectivity index (χ1n) is 12.8. The number of carbonyl (C=O) groups is 1. The number of rotatable bonds is 7. The molecule has 7 rings (SSSR count). The van der Waals surface area contributed by atoms with Gasteiger partial charge in [-0.05, 0) is 43.2 Å². The Hall–Kier alpha value is -4.41. The SMILES string of the molecule is CC(=O)c1ccc(-c2cccc3[nH]c(-c4n[nH]c5ncc(-c6cncc(NC7OC7C(C)C)c6)cc45)nc23)s1. The molecule has 5 aromatic heterocycles. The lowest BCUT2D eigenvalue weighted by molar-refractivity contribution is 0.102. The molecular formula is C29H25N7O2S. The molecule has 1 aliphatic heterocycles. The molecule has 0 bridgehead atoms. The fourth-order valence-corrected chi connectivity index (χ4v) is 5.77. The molecule has 0 aliphatic carbocycles. The number of nitrogens with zero attached hydrogens (tertiary/aromatic N) is 4. The first-order chi connectivity index (χ1) is 18.9. The summed E-state index contributed by atoms with van der Waals surface area (Å²) in [5.41, 5.74) is 6.82. The van der Waals surface area contributed by atoms with Crippen molar-refractivity contribution < 1.29 is 9.53 Å². The average Bonchev–Trinajstić information content (AvgIpc) is 3.30. The number of thiophene rings is 1. The number of pyridine rings is 2. The lowest BCUT2D eigenvalue weighted by Crippen LogP contribution is -2.11. The number of nitrogens with one attached hydrogen (secondary N) is 3. The van der Waals surface area contributed by atoms with Gasteiger partial charge in [-0.15, -0.1) is 11.3 Å². The molecule has 1 fully saturated rings. The molecule has 3 N–H and O–H groups in total. The molecule has 0 saturated carbocycles. The number of para-hydroxylation sites is 1. The minimum absolute atomic E-state index is 0.0179. The van der Waals surface area contributed by atoms with E-state index in [0.717, 1.165) is 48.6 Å². The third-order valence-electron chi connectivity index (χ3n) is 6.93. The number of imidazole rings is 1. The lowest BCUT2D eigenvalue weighted by Gasteiger charge is -2.07. The van der Waals surface area contributed by atoms with Crippen LogP contribution in [0.15, 0.2) is 61.1 Å². The second kappa shape index (κ2) is 9.11. The summed E-state index contributed by atoms with van der Waals surface area (Å²) >= 11 is 1.47. The maximum Gasteiger partial charge on any atom is 0.169 e. The van der Waals surface area contributed by atoms with Crippen LogP contribution in [0.25, 0.3) is 55.2 Å². The summed E-state index contributed by atoms with van der Waals surface area (Å²) in [6.07, 6.45) is 5.68. The van der Waals surface area contributed by atoms with E-state index >= 15 is 0 Å². The second-order valence-electron chi connectivity index (χ2n) is 10.1. The molecule has 194 valence electrons. The van der Waals surface area contributed by atoms with Crippen LogP contribution < -0.4 is 5.32 Å². The number of H-pyrrole nitrogens is 2. The molecule has 0 spiro atoms. The molecule has 1 saturated heterocycles. The highest BCUT2D eigenvalue weighted by Crippen LogP contribution is 2.36. The Bertz CT molecular complexity index is 1870. The van der Waals surface area contributed by atoms with Crippen molar-refractivity contribution in [1.29, 1.82) is 0 Å². The van der Waals surface area contributed by atoms with E-state index in [1.54, 1.807) is 13.1 Å². The van der Waals surface area contributed by atoms with Crippen LogP contribution in [-0.4, -0.2) is 48.2 Å². The highest BCUT2D eigenvalue weighted by Gasteiger charge is 2.41. The number of ether oxygens (including phenoxy) is 1. The number of aromatic amines is 2. The molecule has 6 aromatic rings. The first-order valence-corrected chi connectivity index (χ1v) is 13.6. The predicted molar refractivity (Wildman–Crippen MR) is 153 cm³/mol. The van der Waals surface area contributed by atoms with Gasteiger partial charge in [-0.2, -0.15) is 5.10 Å². The van der Waals surface area contributed by atoms with Crippen molar-refractivity contribution in [3.05, 3.63) is 65.9 Å². The first kappa shape index (κ1) is 23.7. The number of aromatic nitrogens is 6. The zero-order valence-corrected chi connectivity index (χ0v) is 22.3. The predicted octanol–water partition coefficient (Wildman–Crippen LogP) is 6.29. The Morgan fingerprint density at radius 3 is 2.77 bits per heavy atom. The van der Waals surface area contributed by atoms with Crippen molar-refractivity contribution >= 4 is 44.9 Å². The number of benzene rings is 1. The van der Waals surface area contributed by atoms with Crippen LogP contribution in [0.2, 0.25) is 0 Å². The van der Waals surface area contributed by atoms with Crippen molar-refractivity contribution in [2.75, 3.05) is 5.32 Å². The molecule has 1 aromatic carbocycles. The van der Waals surface area contributed by atoms with Gasteiger partial charge >= 0.3 is 0 Å². The number of Topliss-reactive ketones (excluding diaryl/α,β-unsaturated/α-hetero) is 1. The summed E-state index contributed by atoms with van der Waals surface area (Å²) in [4.78, 5) is 31.0. The molecule has 1 aliphatic rings. The van der Waals surface area contributed by atoms with Gasteiger partial charge in [0.05, 0.1) is 33.2 Å². The summed E-state index contributed by atoms with van der Waals surface area (Å²) in [6.45, 7) is 5.89. The molecular weight excluding hydrogens is 510 g/mol. The van der Waals surface area contributed by atoms with Gasteiger partial charge in [0.1, 0.15) is 11.8 Å². The summed E-state index contributed by atoms with van der Waals surface area (Å²) in [7, 11) is 0. The molecule has 6 heterocycles. The van der Waals surface area contributed by atoms with E-state index in [4.69, 9.17) is 9.72 Å². The third kappa shape index (κ3) is 4.27. The normalized spacial score (nSPS) is 16.8. The summed E-state index contributed by atoms with van der Waals surface area (Å²) in [5.74, 6) is 1.16. The minimum atomic E-state index is 0.0179. The fourth-order valence-electron chi connectivity index (χ4n) is 4.84. The molecule has 9 nitrogen and oxygen atoms in total. The number of carbonyl (C=O) groups excluding carboxylic acids is 1. The molecule has 0 radical (unpaired) electrons. The number of hydrogen-bond donors (Lipinski definition) is 3. The Morgan fingerprint density at radius 1 is 1.10 bits per heavy atom. The van der Waals surface area contributed by atoms with Crippen molar-refractivity contribution in [2.45, 2.75) is 33.1 Å². The summed E-state index contributed by atoms with van der Waals surface area (Å²) in [5, 5.41) is 11.8. The molecule has 10 heteroatoms. The number of anilines is 1. The van der Waals surface area contributed by atoms with Gasteiger partial charge in [0.15, 0.2) is 23.5 Å². The topological polar surface area (TPSA) is 125 Å². The molecule has 2 unspecified atom stereocenters. The van der Waals surface area contributed by atoms with Crippen molar-refractivity contribution in [2.24, 2.45) is 5.92 Å². The summed E-state index contributed by atoms with van der Waals surface area (Å²) in [6, 6.07) is 13.9. The fraction of sp³-hybridized carbons (Fsp3) is 0.207. The van der Waals surface area contributed by atoms with Crippen molar-refractivity contribution in [3.8, 4) is 33.1 Å². The maximum atomic E-state index is 11.8. The highest BCUT2D eigenvalue weighted by atomic mass is 32.1. The molecule has 39 heavy (non-hydrogen) atoms. The van der Waals surface area contributed by atoms with Gasteiger partial charge in [0, 0.05) is 34.0 Å². The van der Waals surface area contributed by atoms with Crippen LogP contribution in [0.4, 0.5) is 5.69 Å². The lowest BCUT2D eigenvalue weighted by atomic mass is 10.1. The van der Waals surface area contributed by atoms with Crippen LogP contribution in [0.3, 0.4) is 0 Å². The monoisotopic (exact) mass is 535 g/mol. The Kier molecular flexibility index (Phi) is 5.53. The van der Waals surface area contributed by atoms with Gasteiger partial charge < -0.3 is 15.0 Å². The number of epoxide rings is 1. The van der Waals surface area contributed by atoms with Crippen LogP contribution in [0.5, 0.6) is 0 Å². The highest BCUT2D eigenvalue weighted by molar-refractivity contribution is 7.17. The van der Waals surface area contributed by atoms with Crippen LogP contribution in [0, 0.1) is 5.92 Å². The van der Waals surface area contributed by atoms with Crippen LogP contribution in [0.1, 0.15) is 30.4 Å². The second-order valence-corrected chi connectivity index (χ2v) is 11.2. The van der Waals surface area contributed by atoms with Crippen molar-refractivity contribution in [1.82, 2.24) is 30.1 Å². The standard InChI is InChI=1S/C29H25N7O2S/c1-14(2)26-29(38-26)32-18-9-16(11-30-13-18)17-10-20-25(35-36-27(20)31-12-17)28-33-21-6-4-5-19(24(21)34-28)23-8-7-22(39-23)15(3)37/h4-14,26,29,32H,1-3H3,(H,33,34)(H,31,35,36). The van der Waals surface area contributed by atoms with E-state index in [1.807, 2.05) is 42.7 Å². The number of ketones is 1. The van der Waals surface area contributed by atoms with Crippen LogP contribution >= 0.6 is 11.3 Å². The van der Waals surface area contributed by atoms with Gasteiger partial charge in [-0.3, -0.25) is 14.9 Å². The van der Waals surface area contributed by atoms with Crippen LogP contribution in [-0.2, 0) is 4.74 Å². The Labute approximate surface area is 227 Å². The third-order valence-corrected chi connectivity index (χ3v) is 8.15.